The highest BCUT2D eigenvalue weighted by atomic mass is 32.2. The van der Waals surface area contributed by atoms with Gasteiger partial charge in [-0.3, -0.25) is 9.59 Å². The minimum atomic E-state index is -4.08. The average Bonchev–Trinajstić information content (AvgIpc) is 3.22. The second-order valence-corrected chi connectivity index (χ2v) is 11.1. The Bertz CT molecular complexity index is 1150. The molecular weight excluding hydrogens is 490 g/mol. The summed E-state index contributed by atoms with van der Waals surface area (Å²) < 4.78 is 59.1. The molecule has 2 saturated heterocycles. The first-order chi connectivity index (χ1) is 16.2. The van der Waals surface area contributed by atoms with Gasteiger partial charge in [-0.1, -0.05) is 17.4 Å². The first-order valence-electron chi connectivity index (χ1n) is 10.8. The van der Waals surface area contributed by atoms with Crippen molar-refractivity contribution in [1.82, 2.24) is 14.2 Å². The number of rotatable bonds is 7. The zero-order chi connectivity index (χ0) is 24.3. The number of anilines is 1. The van der Waals surface area contributed by atoms with E-state index in [9.17, 15) is 26.8 Å². The van der Waals surface area contributed by atoms with E-state index in [4.69, 9.17) is 4.74 Å². The number of carbonyl (C=O) groups excluding carboxylic acids is 2. The smallest absolute Gasteiger partial charge is 0.248 e. The molecule has 0 saturated carbocycles. The number of aromatic nitrogens is 1. The molecule has 0 spiro atoms. The summed E-state index contributed by atoms with van der Waals surface area (Å²) in [6, 6.07) is 3.72. The van der Waals surface area contributed by atoms with E-state index in [1.54, 1.807) is 0 Å². The van der Waals surface area contributed by atoms with E-state index in [2.05, 4.69) is 10.3 Å². The lowest BCUT2D eigenvalue weighted by Gasteiger charge is -2.39. The fourth-order valence-corrected chi connectivity index (χ4v) is 6.11. The van der Waals surface area contributed by atoms with Crippen molar-refractivity contribution in [1.29, 1.82) is 0 Å². The van der Waals surface area contributed by atoms with Gasteiger partial charge in [0.1, 0.15) is 11.9 Å². The van der Waals surface area contributed by atoms with Crippen LogP contribution in [0.4, 0.5) is 13.9 Å². The molecule has 13 heteroatoms. The normalized spacial score (nSPS) is 19.2. The molecule has 34 heavy (non-hydrogen) atoms. The Kier molecular flexibility index (Phi) is 7.55. The summed E-state index contributed by atoms with van der Waals surface area (Å²) in [7, 11) is -4.08. The van der Waals surface area contributed by atoms with Crippen molar-refractivity contribution in [3.8, 4) is 0 Å². The molecule has 1 atom stereocenters. The number of hydrogen-bond acceptors (Lipinski definition) is 7. The average molecular weight is 515 g/mol. The van der Waals surface area contributed by atoms with Gasteiger partial charge in [0.05, 0.1) is 17.6 Å². The Hall–Kier alpha value is -2.48. The van der Waals surface area contributed by atoms with Gasteiger partial charge < -0.3 is 15.0 Å². The summed E-state index contributed by atoms with van der Waals surface area (Å²) in [5, 5.41) is 2.10. The van der Waals surface area contributed by atoms with Gasteiger partial charge in [-0.25, -0.2) is 17.8 Å². The van der Waals surface area contributed by atoms with Gasteiger partial charge in [0, 0.05) is 26.3 Å². The van der Waals surface area contributed by atoms with Gasteiger partial charge in [-0.05, 0) is 43.4 Å². The first kappa shape index (κ1) is 24.6. The lowest BCUT2D eigenvalue weighted by atomic mass is 9.91. The molecule has 1 aromatic heterocycles. The van der Waals surface area contributed by atoms with Crippen LogP contribution in [0.2, 0.25) is 0 Å². The number of hydrogen-bond donors (Lipinski definition) is 1. The van der Waals surface area contributed by atoms with Crippen molar-refractivity contribution in [2.45, 2.75) is 30.2 Å². The third kappa shape index (κ3) is 5.59. The van der Waals surface area contributed by atoms with Gasteiger partial charge in [-0.15, -0.1) is 0 Å². The summed E-state index contributed by atoms with van der Waals surface area (Å²) in [6.45, 7) is 0.589. The van der Waals surface area contributed by atoms with Crippen molar-refractivity contribution in [3.63, 3.8) is 0 Å². The Morgan fingerprint density at radius 2 is 2.03 bits per heavy atom. The van der Waals surface area contributed by atoms with E-state index in [-0.39, 0.29) is 29.0 Å². The van der Waals surface area contributed by atoms with Crippen molar-refractivity contribution in [2.75, 3.05) is 38.2 Å². The Labute approximate surface area is 199 Å². The van der Waals surface area contributed by atoms with E-state index in [1.807, 2.05) is 0 Å². The quantitative estimate of drug-likeness (QED) is 0.606. The van der Waals surface area contributed by atoms with Crippen LogP contribution in [-0.2, 0) is 24.3 Å². The molecule has 2 amide bonds. The summed E-state index contributed by atoms with van der Waals surface area (Å²) in [5.41, 5.74) is 0. The van der Waals surface area contributed by atoms with Crippen LogP contribution in [-0.4, -0.2) is 73.3 Å². The molecule has 1 aromatic carbocycles. The molecule has 0 aliphatic carbocycles. The van der Waals surface area contributed by atoms with Gasteiger partial charge in [-0.2, -0.15) is 8.70 Å². The van der Waals surface area contributed by atoms with Gasteiger partial charge >= 0.3 is 0 Å². The monoisotopic (exact) mass is 514 g/mol. The summed E-state index contributed by atoms with van der Waals surface area (Å²) in [6.07, 6.45) is 2.83. The Morgan fingerprint density at radius 3 is 2.68 bits per heavy atom. The molecule has 3 heterocycles. The van der Waals surface area contributed by atoms with Crippen LogP contribution in [0, 0.1) is 16.9 Å². The van der Waals surface area contributed by atoms with E-state index in [0.29, 0.717) is 31.0 Å². The second-order valence-electron chi connectivity index (χ2n) is 8.15. The van der Waals surface area contributed by atoms with Gasteiger partial charge in [0.15, 0.2) is 10.3 Å². The third-order valence-corrected chi connectivity index (χ3v) is 8.48. The predicted molar refractivity (Wildman–Crippen MR) is 120 cm³/mol. The van der Waals surface area contributed by atoms with E-state index in [0.717, 1.165) is 35.5 Å². The van der Waals surface area contributed by atoms with Gasteiger partial charge in [0.2, 0.25) is 21.8 Å². The van der Waals surface area contributed by atoms with Crippen molar-refractivity contribution in [2.24, 2.45) is 5.92 Å². The second kappa shape index (κ2) is 10.4. The topological polar surface area (TPSA) is 109 Å². The van der Waals surface area contributed by atoms with Crippen LogP contribution in [0.1, 0.15) is 19.3 Å². The summed E-state index contributed by atoms with van der Waals surface area (Å²) >= 11 is 0.678. The molecule has 0 unspecified atom stereocenters. The molecule has 2 fully saturated rings. The van der Waals surface area contributed by atoms with Crippen LogP contribution in [0.15, 0.2) is 35.4 Å². The molecule has 0 bridgehead atoms. The van der Waals surface area contributed by atoms with Crippen LogP contribution in [0.25, 0.3) is 0 Å². The van der Waals surface area contributed by atoms with Crippen LogP contribution in [0.3, 0.4) is 0 Å². The number of amides is 2. The molecule has 184 valence electrons. The van der Waals surface area contributed by atoms with Crippen LogP contribution >= 0.6 is 11.3 Å². The molecule has 2 aliphatic heterocycles. The highest BCUT2D eigenvalue weighted by Gasteiger charge is 2.39. The molecule has 2 aromatic rings. The SMILES string of the molecule is O=C(Nc1ncc(F)s1)[C@H](CC1CCOCC1)N1CCN(S(=O)(=O)c2cccc(F)c2)CC1=O. The lowest BCUT2D eigenvalue weighted by molar-refractivity contribution is -0.142. The molecule has 1 N–H and O–H groups in total. The lowest BCUT2D eigenvalue weighted by Crippen LogP contribution is -2.58. The Balaban J connectivity index is 1.51. The third-order valence-electron chi connectivity index (χ3n) is 5.94. The zero-order valence-corrected chi connectivity index (χ0v) is 19.8. The minimum Gasteiger partial charge on any atom is -0.381 e. The molecule has 4 rings (SSSR count). The van der Waals surface area contributed by atoms with Crippen LogP contribution in [0.5, 0.6) is 0 Å². The van der Waals surface area contributed by atoms with Crippen molar-refractivity contribution >= 4 is 38.3 Å². The fraction of sp³-hybridized carbons (Fsp3) is 0.476. The number of piperazine rings is 1. The van der Waals surface area contributed by atoms with Crippen LogP contribution < -0.4 is 5.32 Å². The first-order valence-corrected chi connectivity index (χ1v) is 13.0. The number of carbonyl (C=O) groups is 2. The number of halogens is 2. The molecule has 9 nitrogen and oxygen atoms in total. The number of thiazole rings is 1. The maximum atomic E-state index is 13.6. The van der Waals surface area contributed by atoms with E-state index < -0.39 is 45.4 Å². The number of nitrogens with zero attached hydrogens (tertiary/aromatic N) is 3. The standard InChI is InChI=1S/C21H24F2N4O5S2/c22-15-2-1-3-16(11-15)34(30,31)26-6-7-27(19(28)13-26)17(10-14-4-8-32-9-5-14)20(29)25-21-24-12-18(23)33-21/h1-3,11-12,14,17H,4-10,13H2,(H,24,25,29)/t17-/m0/s1. The predicted octanol–water partition coefficient (Wildman–Crippen LogP) is 2.08. The molecular formula is C21H24F2N4O5S2. The summed E-state index contributed by atoms with van der Waals surface area (Å²) in [4.78, 5) is 31.1. The molecule has 0 radical (unpaired) electrons. The Morgan fingerprint density at radius 1 is 1.26 bits per heavy atom. The number of benzene rings is 1. The maximum absolute atomic E-state index is 13.6. The zero-order valence-electron chi connectivity index (χ0n) is 18.2. The minimum absolute atomic E-state index is 0.0130. The number of nitrogens with one attached hydrogen (secondary N) is 1. The molecule has 2 aliphatic rings. The van der Waals surface area contributed by atoms with E-state index >= 15 is 0 Å². The largest absolute Gasteiger partial charge is 0.381 e. The van der Waals surface area contributed by atoms with Crippen molar-refractivity contribution < 1.29 is 31.5 Å². The van der Waals surface area contributed by atoms with Gasteiger partial charge in [0.25, 0.3) is 0 Å². The van der Waals surface area contributed by atoms with E-state index in [1.165, 1.54) is 17.0 Å². The fourth-order valence-electron chi connectivity index (χ4n) is 4.15. The maximum Gasteiger partial charge on any atom is 0.248 e. The number of sulfonamides is 1. The van der Waals surface area contributed by atoms with Crippen molar-refractivity contribution in [3.05, 3.63) is 41.4 Å². The highest BCUT2D eigenvalue weighted by Crippen LogP contribution is 2.27. The highest BCUT2D eigenvalue weighted by molar-refractivity contribution is 7.89. The number of ether oxygens (including phenoxy) is 1. The summed E-state index contributed by atoms with van der Waals surface area (Å²) in [5.74, 6) is -1.60.